The zero-order valence-corrected chi connectivity index (χ0v) is 19.3. The molecule has 160 valence electrons. The van der Waals surface area contributed by atoms with Gasteiger partial charge in [0, 0.05) is 30.3 Å². The number of hydrogen-bond donors (Lipinski definition) is 0. The van der Waals surface area contributed by atoms with Crippen LogP contribution in [0.2, 0.25) is 0 Å². The maximum Gasteiger partial charge on any atom is 0.275 e. The van der Waals surface area contributed by atoms with Crippen LogP contribution in [0.4, 0.5) is 0 Å². The summed E-state index contributed by atoms with van der Waals surface area (Å²) in [4.78, 5) is 34.3. The molecule has 0 unspecified atom stereocenters. The van der Waals surface area contributed by atoms with Gasteiger partial charge in [-0.3, -0.25) is 9.59 Å². The number of likely N-dealkylation sites (tertiary alicyclic amines) is 1. The summed E-state index contributed by atoms with van der Waals surface area (Å²) >= 11 is 1.57. The van der Waals surface area contributed by atoms with E-state index < -0.39 is 0 Å². The molecule has 1 saturated carbocycles. The summed E-state index contributed by atoms with van der Waals surface area (Å²) in [7, 11) is 0. The third-order valence-corrected chi connectivity index (χ3v) is 8.82. The molecule has 3 fully saturated rings. The number of piperidine rings is 1. The number of nitrogens with zero attached hydrogens (tertiary/aromatic N) is 3. The van der Waals surface area contributed by atoms with Gasteiger partial charge in [0.25, 0.3) is 5.91 Å². The standard InChI is InChI=1S/C22H33N3O3S/c1-20(2)12-28-13-25(20)18(26)15-11-29-17(23-15)14-7-9-24(10-8-14)19(27)16-21(3,4)22(16,5)6/h11,14,16H,7-10,12-13H2,1-6H3. The number of thiazole rings is 1. The highest BCUT2D eigenvalue weighted by Crippen LogP contribution is 2.68. The first-order chi connectivity index (χ1) is 13.5. The molecule has 1 aromatic rings. The van der Waals surface area contributed by atoms with E-state index in [9.17, 15) is 9.59 Å². The summed E-state index contributed by atoms with van der Waals surface area (Å²) in [5.41, 5.74) is 0.386. The van der Waals surface area contributed by atoms with Gasteiger partial charge in [-0.15, -0.1) is 11.3 Å². The predicted molar refractivity (Wildman–Crippen MR) is 113 cm³/mol. The van der Waals surface area contributed by atoms with Crippen LogP contribution >= 0.6 is 11.3 Å². The van der Waals surface area contributed by atoms with Crippen molar-refractivity contribution in [3.8, 4) is 0 Å². The normalized spacial score (nSPS) is 26.0. The first kappa shape index (κ1) is 20.8. The summed E-state index contributed by atoms with van der Waals surface area (Å²) in [6.07, 6.45) is 1.83. The molecule has 0 N–H and O–H groups in total. The minimum Gasteiger partial charge on any atom is -0.359 e. The van der Waals surface area contributed by atoms with Gasteiger partial charge in [0.1, 0.15) is 12.4 Å². The van der Waals surface area contributed by atoms with Crippen molar-refractivity contribution in [3.63, 3.8) is 0 Å². The molecule has 2 aliphatic heterocycles. The van der Waals surface area contributed by atoms with Crippen molar-refractivity contribution in [2.45, 2.75) is 65.8 Å². The van der Waals surface area contributed by atoms with E-state index in [1.165, 1.54) is 0 Å². The molecule has 0 aromatic carbocycles. The van der Waals surface area contributed by atoms with Crippen molar-refractivity contribution in [3.05, 3.63) is 16.1 Å². The molecule has 2 saturated heterocycles. The molecule has 0 bridgehead atoms. The minimum atomic E-state index is -0.295. The lowest BCUT2D eigenvalue weighted by Gasteiger charge is -2.32. The molecule has 1 aromatic heterocycles. The van der Waals surface area contributed by atoms with Crippen molar-refractivity contribution in [2.24, 2.45) is 16.7 Å². The van der Waals surface area contributed by atoms with E-state index in [0.717, 1.165) is 30.9 Å². The summed E-state index contributed by atoms with van der Waals surface area (Å²) in [5.74, 6) is 0.709. The van der Waals surface area contributed by atoms with Crippen molar-refractivity contribution in [1.82, 2.24) is 14.8 Å². The van der Waals surface area contributed by atoms with Crippen molar-refractivity contribution in [2.75, 3.05) is 26.4 Å². The van der Waals surface area contributed by atoms with Gasteiger partial charge in [0.15, 0.2) is 0 Å². The van der Waals surface area contributed by atoms with Crippen LogP contribution in [0, 0.1) is 16.7 Å². The second-order valence-electron chi connectivity index (χ2n) is 10.6. The summed E-state index contributed by atoms with van der Waals surface area (Å²) in [5, 5.41) is 2.89. The Morgan fingerprint density at radius 2 is 1.72 bits per heavy atom. The first-order valence-corrected chi connectivity index (χ1v) is 11.5. The average molecular weight is 420 g/mol. The molecule has 3 heterocycles. The van der Waals surface area contributed by atoms with Crippen LogP contribution in [-0.2, 0) is 9.53 Å². The number of aromatic nitrogens is 1. The number of hydrogen-bond acceptors (Lipinski definition) is 5. The Morgan fingerprint density at radius 3 is 2.24 bits per heavy atom. The molecule has 1 aliphatic carbocycles. The second-order valence-corrected chi connectivity index (χ2v) is 11.5. The Morgan fingerprint density at radius 1 is 1.10 bits per heavy atom. The fraction of sp³-hybridized carbons (Fsp3) is 0.773. The van der Waals surface area contributed by atoms with Gasteiger partial charge in [0.05, 0.1) is 17.2 Å². The fourth-order valence-corrected chi connectivity index (χ4v) is 5.99. The van der Waals surface area contributed by atoms with Gasteiger partial charge in [-0.25, -0.2) is 4.98 Å². The van der Waals surface area contributed by atoms with Crippen LogP contribution in [0.3, 0.4) is 0 Å². The van der Waals surface area contributed by atoms with Gasteiger partial charge < -0.3 is 14.5 Å². The third-order valence-electron chi connectivity index (χ3n) is 7.82. The highest BCUT2D eigenvalue weighted by molar-refractivity contribution is 7.09. The number of ether oxygens (including phenoxy) is 1. The molecular formula is C22H33N3O3S. The monoisotopic (exact) mass is 419 g/mol. The topological polar surface area (TPSA) is 62.7 Å². The van der Waals surface area contributed by atoms with Gasteiger partial charge in [-0.05, 0) is 37.5 Å². The lowest BCUT2D eigenvalue weighted by Crippen LogP contribution is -2.44. The average Bonchev–Trinajstić information content (AvgIpc) is 3.09. The number of carbonyl (C=O) groups is 2. The van der Waals surface area contributed by atoms with Crippen LogP contribution in [0.25, 0.3) is 0 Å². The van der Waals surface area contributed by atoms with Crippen LogP contribution in [0.5, 0.6) is 0 Å². The smallest absolute Gasteiger partial charge is 0.275 e. The zero-order valence-electron chi connectivity index (χ0n) is 18.4. The molecule has 3 aliphatic rings. The summed E-state index contributed by atoms with van der Waals surface area (Å²) in [6, 6.07) is 0. The van der Waals surface area contributed by atoms with Crippen LogP contribution in [0.1, 0.15) is 75.8 Å². The molecule has 0 radical (unpaired) electrons. The van der Waals surface area contributed by atoms with E-state index in [0.29, 0.717) is 30.9 Å². The third kappa shape index (κ3) is 3.30. The van der Waals surface area contributed by atoms with Gasteiger partial charge in [-0.1, -0.05) is 27.7 Å². The molecular weight excluding hydrogens is 386 g/mol. The number of rotatable bonds is 3. The van der Waals surface area contributed by atoms with Crippen molar-refractivity contribution < 1.29 is 14.3 Å². The first-order valence-electron chi connectivity index (χ1n) is 10.6. The molecule has 29 heavy (non-hydrogen) atoms. The molecule has 4 rings (SSSR count). The van der Waals surface area contributed by atoms with E-state index in [1.54, 1.807) is 16.2 Å². The fourth-order valence-electron chi connectivity index (χ4n) is 5.03. The highest BCUT2D eigenvalue weighted by Gasteiger charge is 2.68. The van der Waals surface area contributed by atoms with E-state index >= 15 is 0 Å². The van der Waals surface area contributed by atoms with Gasteiger partial charge >= 0.3 is 0 Å². The van der Waals surface area contributed by atoms with Gasteiger partial charge in [-0.2, -0.15) is 0 Å². The predicted octanol–water partition coefficient (Wildman–Crippen LogP) is 3.74. The van der Waals surface area contributed by atoms with E-state index in [-0.39, 0.29) is 28.2 Å². The second kappa shape index (κ2) is 6.77. The summed E-state index contributed by atoms with van der Waals surface area (Å²) in [6.45, 7) is 15.3. The maximum absolute atomic E-state index is 13.0. The van der Waals surface area contributed by atoms with Crippen molar-refractivity contribution in [1.29, 1.82) is 0 Å². The zero-order chi connectivity index (χ0) is 21.2. The van der Waals surface area contributed by atoms with E-state index in [4.69, 9.17) is 4.74 Å². The van der Waals surface area contributed by atoms with E-state index in [2.05, 4.69) is 32.7 Å². The Bertz CT molecular complexity index is 807. The molecule has 7 heteroatoms. The molecule has 0 spiro atoms. The van der Waals surface area contributed by atoms with Crippen molar-refractivity contribution >= 4 is 23.2 Å². The number of amides is 2. The Labute approximate surface area is 177 Å². The van der Waals surface area contributed by atoms with Crippen LogP contribution in [0.15, 0.2) is 5.38 Å². The SMILES string of the molecule is CC1(C)COCN1C(=O)c1csc(C2CCN(C(=O)C3C(C)(C)C3(C)C)CC2)n1. The number of carbonyl (C=O) groups excluding carboxylic acids is 2. The lowest BCUT2D eigenvalue weighted by molar-refractivity contribution is -0.134. The quantitative estimate of drug-likeness (QED) is 0.749. The molecule has 0 atom stereocenters. The van der Waals surface area contributed by atoms with Crippen LogP contribution in [-0.4, -0.2) is 58.6 Å². The van der Waals surface area contributed by atoms with E-state index in [1.807, 2.05) is 24.1 Å². The Balaban J connectivity index is 1.37. The van der Waals surface area contributed by atoms with Gasteiger partial charge in [0.2, 0.25) is 5.91 Å². The maximum atomic E-state index is 13.0. The lowest BCUT2D eigenvalue weighted by atomic mass is 9.96. The Kier molecular flexibility index (Phi) is 4.85. The molecule has 2 amide bonds. The minimum absolute atomic E-state index is 0.0548. The highest BCUT2D eigenvalue weighted by atomic mass is 32.1. The summed E-state index contributed by atoms with van der Waals surface area (Å²) < 4.78 is 5.47. The molecule has 6 nitrogen and oxygen atoms in total. The Hall–Kier alpha value is -1.47. The van der Waals surface area contributed by atoms with Crippen LogP contribution < -0.4 is 0 Å². The largest absolute Gasteiger partial charge is 0.359 e.